The second kappa shape index (κ2) is 8.47. The first-order chi connectivity index (χ1) is 14.4. The van der Waals surface area contributed by atoms with Gasteiger partial charge in [0.15, 0.2) is 9.84 Å². The molecule has 0 saturated heterocycles. The number of hydrogen-bond acceptors (Lipinski definition) is 7. The van der Waals surface area contributed by atoms with Crippen molar-refractivity contribution < 1.29 is 36.6 Å². The van der Waals surface area contributed by atoms with E-state index in [-0.39, 0.29) is 34.7 Å². The molecule has 2 aromatic carbocycles. The average Bonchev–Trinajstić information content (AvgIpc) is 2.96. The lowest BCUT2D eigenvalue weighted by atomic mass is 9.98. The summed E-state index contributed by atoms with van der Waals surface area (Å²) in [6.07, 6.45) is 1.05. The molecule has 1 atom stereocenters. The van der Waals surface area contributed by atoms with E-state index in [9.17, 15) is 17.6 Å². The van der Waals surface area contributed by atoms with Crippen LogP contribution in [0.2, 0.25) is 0 Å². The minimum atomic E-state index is -3.69. The molecule has 0 radical (unpaired) electrons. The summed E-state index contributed by atoms with van der Waals surface area (Å²) in [5.41, 5.74) is 0.0722. The fourth-order valence-corrected chi connectivity index (χ4v) is 4.21. The second-order valence-corrected chi connectivity index (χ2v) is 10.0. The zero-order chi connectivity index (χ0) is 23.0. The smallest absolute Gasteiger partial charge is 0.338 e. The molecular weight excluding hydrogens is 427 g/mol. The van der Waals surface area contributed by atoms with Crippen molar-refractivity contribution in [2.24, 2.45) is 0 Å². The number of carbonyl (C=O) groups is 1. The Balaban J connectivity index is 2.11. The number of esters is 1. The molecule has 1 heterocycles. The van der Waals surface area contributed by atoms with E-state index in [0.717, 1.165) is 24.5 Å². The number of methoxy groups -OCH3 is 1. The Morgan fingerprint density at radius 2 is 1.94 bits per heavy atom. The van der Waals surface area contributed by atoms with E-state index >= 15 is 0 Å². The van der Waals surface area contributed by atoms with Crippen LogP contribution in [0.3, 0.4) is 0 Å². The highest BCUT2D eigenvalue weighted by Gasteiger charge is 2.38. The summed E-state index contributed by atoms with van der Waals surface area (Å²) in [6, 6.07) is 6.18. The number of ether oxygens (including phenoxy) is 4. The standard InChI is InChI=1S/C22H25FO7S/c1-13(2)28-21(24)14-8-17(16-11-22(3,12-27-4)30-18(16)9-14)29-19-10-15(23)6-7-20(19)31(5,25)26/h6-10,13H,11-12H2,1-5H3. The van der Waals surface area contributed by atoms with Crippen molar-refractivity contribution in [3.05, 3.63) is 47.3 Å². The second-order valence-electron chi connectivity index (χ2n) is 8.03. The largest absolute Gasteiger partial charge is 0.484 e. The fraction of sp³-hybridized carbons (Fsp3) is 0.409. The molecule has 0 saturated carbocycles. The predicted molar refractivity (Wildman–Crippen MR) is 111 cm³/mol. The summed E-state index contributed by atoms with van der Waals surface area (Å²) in [6.45, 7) is 5.57. The number of sulfone groups is 1. The molecule has 0 amide bonds. The first-order valence-corrected chi connectivity index (χ1v) is 11.5. The molecule has 2 aromatic rings. The highest BCUT2D eigenvalue weighted by atomic mass is 32.2. The van der Waals surface area contributed by atoms with Crippen molar-refractivity contribution in [1.82, 2.24) is 0 Å². The molecule has 3 rings (SSSR count). The molecule has 168 valence electrons. The van der Waals surface area contributed by atoms with Crippen molar-refractivity contribution in [1.29, 1.82) is 0 Å². The van der Waals surface area contributed by atoms with Gasteiger partial charge in [-0.2, -0.15) is 0 Å². The summed E-state index contributed by atoms with van der Waals surface area (Å²) >= 11 is 0. The number of carbonyl (C=O) groups excluding carboxylic acids is 1. The van der Waals surface area contributed by atoms with Gasteiger partial charge in [-0.05, 0) is 45.0 Å². The summed E-state index contributed by atoms with van der Waals surface area (Å²) in [5.74, 6) is -0.850. The third kappa shape index (κ3) is 5.16. The van der Waals surface area contributed by atoms with Crippen LogP contribution in [-0.2, 0) is 25.7 Å². The molecule has 31 heavy (non-hydrogen) atoms. The lowest BCUT2D eigenvalue weighted by molar-refractivity contribution is 0.0202. The summed E-state index contributed by atoms with van der Waals surface area (Å²) in [7, 11) is -2.15. The number of benzene rings is 2. The quantitative estimate of drug-likeness (QED) is 0.465. The maximum atomic E-state index is 13.9. The van der Waals surface area contributed by atoms with Crippen LogP contribution in [0.4, 0.5) is 4.39 Å². The maximum Gasteiger partial charge on any atom is 0.338 e. The highest BCUT2D eigenvalue weighted by molar-refractivity contribution is 7.90. The molecule has 0 bridgehead atoms. The van der Waals surface area contributed by atoms with Gasteiger partial charge in [0.05, 0.1) is 18.3 Å². The van der Waals surface area contributed by atoms with Gasteiger partial charge in [-0.1, -0.05) is 0 Å². The minimum absolute atomic E-state index is 0.168. The zero-order valence-corrected chi connectivity index (χ0v) is 18.8. The monoisotopic (exact) mass is 452 g/mol. The Labute approximate surface area is 181 Å². The fourth-order valence-electron chi connectivity index (χ4n) is 3.42. The van der Waals surface area contributed by atoms with E-state index in [1.54, 1.807) is 27.0 Å². The molecule has 1 unspecified atom stereocenters. The molecule has 1 aliphatic heterocycles. The molecule has 0 aromatic heterocycles. The van der Waals surface area contributed by atoms with Crippen LogP contribution < -0.4 is 9.47 Å². The van der Waals surface area contributed by atoms with E-state index in [4.69, 9.17) is 18.9 Å². The minimum Gasteiger partial charge on any atom is -0.484 e. The van der Waals surface area contributed by atoms with Crippen molar-refractivity contribution in [3.8, 4) is 17.2 Å². The van der Waals surface area contributed by atoms with E-state index in [2.05, 4.69) is 0 Å². The molecule has 1 aliphatic rings. The lowest BCUT2D eigenvalue weighted by Crippen LogP contribution is -2.35. The Morgan fingerprint density at radius 1 is 1.23 bits per heavy atom. The number of halogens is 1. The van der Waals surface area contributed by atoms with E-state index in [0.29, 0.717) is 17.7 Å². The molecule has 7 nitrogen and oxygen atoms in total. The van der Waals surface area contributed by atoms with Crippen molar-refractivity contribution >= 4 is 15.8 Å². The predicted octanol–water partition coefficient (Wildman–Crippen LogP) is 3.93. The van der Waals surface area contributed by atoms with Crippen LogP contribution in [0.25, 0.3) is 0 Å². The van der Waals surface area contributed by atoms with Crippen LogP contribution in [-0.4, -0.2) is 46.1 Å². The molecule has 0 fully saturated rings. The van der Waals surface area contributed by atoms with Gasteiger partial charge in [-0.15, -0.1) is 0 Å². The highest BCUT2D eigenvalue weighted by Crippen LogP contribution is 2.44. The summed E-state index contributed by atoms with van der Waals surface area (Å²) in [5, 5.41) is 0. The van der Waals surface area contributed by atoms with Crippen molar-refractivity contribution in [2.75, 3.05) is 20.0 Å². The van der Waals surface area contributed by atoms with Crippen LogP contribution >= 0.6 is 0 Å². The van der Waals surface area contributed by atoms with E-state index in [1.807, 2.05) is 6.92 Å². The van der Waals surface area contributed by atoms with Gasteiger partial charge in [0, 0.05) is 31.4 Å². The van der Waals surface area contributed by atoms with E-state index < -0.39 is 27.2 Å². The molecular formula is C22H25FO7S. The van der Waals surface area contributed by atoms with Crippen LogP contribution in [0.1, 0.15) is 36.7 Å². The van der Waals surface area contributed by atoms with Crippen LogP contribution in [0.15, 0.2) is 35.2 Å². The van der Waals surface area contributed by atoms with Gasteiger partial charge in [-0.25, -0.2) is 17.6 Å². The SMILES string of the molecule is COCC1(C)Cc2c(Oc3cc(F)ccc3S(C)(=O)=O)cc(C(=O)OC(C)C)cc2O1. The lowest BCUT2D eigenvalue weighted by Gasteiger charge is -2.22. The topological polar surface area (TPSA) is 88.1 Å². The van der Waals surface area contributed by atoms with Gasteiger partial charge in [0.2, 0.25) is 0 Å². The van der Waals surface area contributed by atoms with Crippen LogP contribution in [0, 0.1) is 5.82 Å². The third-order valence-corrected chi connectivity index (χ3v) is 5.76. The number of rotatable bonds is 7. The number of fused-ring (bicyclic) bond motifs is 1. The van der Waals surface area contributed by atoms with Gasteiger partial charge >= 0.3 is 5.97 Å². The van der Waals surface area contributed by atoms with Gasteiger partial charge in [-0.3, -0.25) is 0 Å². The Hall–Kier alpha value is -2.65. The first-order valence-electron chi connectivity index (χ1n) is 9.65. The van der Waals surface area contributed by atoms with Crippen molar-refractivity contribution in [3.63, 3.8) is 0 Å². The first kappa shape index (κ1) is 23.0. The normalized spacial score (nSPS) is 17.9. The van der Waals surface area contributed by atoms with Crippen LogP contribution in [0.5, 0.6) is 17.2 Å². The van der Waals surface area contributed by atoms with Crippen molar-refractivity contribution in [2.45, 2.75) is 43.8 Å². The molecule has 0 N–H and O–H groups in total. The summed E-state index contributed by atoms with van der Waals surface area (Å²) < 4.78 is 60.6. The molecule has 0 aliphatic carbocycles. The summed E-state index contributed by atoms with van der Waals surface area (Å²) in [4.78, 5) is 12.3. The number of hydrogen-bond donors (Lipinski definition) is 0. The maximum absolute atomic E-state index is 13.9. The Kier molecular flexibility index (Phi) is 6.29. The molecule has 0 spiro atoms. The Bertz CT molecular complexity index is 1110. The van der Waals surface area contributed by atoms with Gasteiger partial charge < -0.3 is 18.9 Å². The Morgan fingerprint density at radius 3 is 2.55 bits per heavy atom. The molecule has 9 heteroatoms. The average molecular weight is 453 g/mol. The van der Waals surface area contributed by atoms with Gasteiger partial charge in [0.25, 0.3) is 0 Å². The zero-order valence-electron chi connectivity index (χ0n) is 18.0. The third-order valence-electron chi connectivity index (χ3n) is 4.63. The van der Waals surface area contributed by atoms with Gasteiger partial charge in [0.1, 0.15) is 33.6 Å². The van der Waals surface area contributed by atoms with E-state index in [1.165, 1.54) is 6.07 Å².